The van der Waals surface area contributed by atoms with Gasteiger partial charge in [0.2, 0.25) is 11.6 Å². The minimum atomic E-state index is -2.12. The molecule has 0 atom stereocenters. The molecule has 0 aliphatic heterocycles. The molecule has 126 valence electrons. The lowest BCUT2D eigenvalue weighted by molar-refractivity contribution is -0.387. The first kappa shape index (κ1) is 17.5. The molecule has 6 nitrogen and oxygen atoms in total. The van der Waals surface area contributed by atoms with E-state index in [2.05, 4.69) is 5.32 Å². The number of hydrogen-bond donors (Lipinski definition) is 1. The Labute approximate surface area is 137 Å². The van der Waals surface area contributed by atoms with Crippen LogP contribution in [0.5, 0.6) is 5.75 Å². The normalized spacial score (nSPS) is 10.4. The third kappa shape index (κ3) is 3.25. The zero-order chi connectivity index (χ0) is 18.0. The van der Waals surface area contributed by atoms with Crippen molar-refractivity contribution in [2.24, 2.45) is 0 Å². The molecule has 0 aromatic heterocycles. The van der Waals surface area contributed by atoms with Gasteiger partial charge in [-0.1, -0.05) is 11.6 Å². The van der Waals surface area contributed by atoms with Crippen LogP contribution in [0.4, 0.5) is 24.5 Å². The van der Waals surface area contributed by atoms with Gasteiger partial charge in [0, 0.05) is 11.1 Å². The van der Waals surface area contributed by atoms with Crippen LogP contribution in [-0.4, -0.2) is 17.9 Å². The molecule has 24 heavy (non-hydrogen) atoms. The number of halogens is 4. The number of carbonyl (C=O) groups is 1. The standard InChI is InChI=1S/C14H8ClF3N2O4/c1-24-10-3-2-6(15)4-8(10)19-14(21)7-5-9(20(22)23)12(17)13(18)11(7)16/h2-5H,1H3,(H,19,21). The van der Waals surface area contributed by atoms with Crippen molar-refractivity contribution < 1.29 is 27.6 Å². The van der Waals surface area contributed by atoms with Crippen LogP contribution in [0.2, 0.25) is 5.02 Å². The second-order valence-corrected chi connectivity index (χ2v) is 4.88. The Bertz CT molecular complexity index is 845. The monoisotopic (exact) mass is 360 g/mol. The van der Waals surface area contributed by atoms with Gasteiger partial charge in [0.15, 0.2) is 5.82 Å². The zero-order valence-corrected chi connectivity index (χ0v) is 12.7. The number of nitrogens with one attached hydrogen (secondary N) is 1. The molecule has 2 aromatic carbocycles. The van der Waals surface area contributed by atoms with Crippen LogP contribution in [0.25, 0.3) is 0 Å². The Morgan fingerprint density at radius 2 is 1.88 bits per heavy atom. The van der Waals surface area contributed by atoms with Crippen LogP contribution < -0.4 is 10.1 Å². The van der Waals surface area contributed by atoms with Crippen LogP contribution >= 0.6 is 11.6 Å². The third-order valence-corrected chi connectivity index (χ3v) is 3.21. The van der Waals surface area contributed by atoms with Crippen LogP contribution in [0.1, 0.15) is 10.4 Å². The van der Waals surface area contributed by atoms with E-state index in [1.165, 1.54) is 25.3 Å². The Kier molecular flexibility index (Phi) is 4.93. The first-order valence-electron chi connectivity index (χ1n) is 6.23. The SMILES string of the molecule is COc1ccc(Cl)cc1NC(=O)c1cc([N+](=O)[O-])c(F)c(F)c1F. The number of hydrogen-bond acceptors (Lipinski definition) is 4. The molecule has 0 radical (unpaired) electrons. The summed E-state index contributed by atoms with van der Waals surface area (Å²) < 4.78 is 45.5. The third-order valence-electron chi connectivity index (χ3n) is 2.98. The number of nitro benzene ring substituents is 1. The number of rotatable bonds is 4. The van der Waals surface area contributed by atoms with E-state index in [9.17, 15) is 28.1 Å². The molecule has 0 heterocycles. The van der Waals surface area contributed by atoms with Crippen LogP contribution in [0.3, 0.4) is 0 Å². The predicted molar refractivity (Wildman–Crippen MR) is 78.9 cm³/mol. The molecule has 10 heteroatoms. The van der Waals surface area contributed by atoms with Gasteiger partial charge in [-0.25, -0.2) is 8.78 Å². The Hall–Kier alpha value is -2.81. The summed E-state index contributed by atoms with van der Waals surface area (Å²) in [5.74, 6) is -7.04. The van der Waals surface area contributed by atoms with E-state index in [0.717, 1.165) is 0 Å². The van der Waals surface area contributed by atoms with Crippen molar-refractivity contribution in [3.63, 3.8) is 0 Å². The number of benzene rings is 2. The van der Waals surface area contributed by atoms with Gasteiger partial charge < -0.3 is 10.1 Å². The van der Waals surface area contributed by atoms with Crippen molar-refractivity contribution >= 4 is 28.9 Å². The largest absolute Gasteiger partial charge is 0.495 e. The molecule has 0 aliphatic rings. The highest BCUT2D eigenvalue weighted by molar-refractivity contribution is 6.31. The molecule has 2 rings (SSSR count). The molecule has 1 amide bonds. The van der Waals surface area contributed by atoms with Crippen molar-refractivity contribution in [2.45, 2.75) is 0 Å². The maximum Gasteiger partial charge on any atom is 0.308 e. The van der Waals surface area contributed by atoms with Gasteiger partial charge >= 0.3 is 5.69 Å². The number of nitrogens with zero attached hydrogens (tertiary/aromatic N) is 1. The van der Waals surface area contributed by atoms with Crippen molar-refractivity contribution in [2.75, 3.05) is 12.4 Å². The fourth-order valence-electron chi connectivity index (χ4n) is 1.86. The zero-order valence-electron chi connectivity index (χ0n) is 11.9. The summed E-state index contributed by atoms with van der Waals surface area (Å²) in [5.41, 5.74) is -2.39. The maximum atomic E-state index is 13.8. The molecule has 0 saturated carbocycles. The van der Waals surface area contributed by atoms with E-state index >= 15 is 0 Å². The van der Waals surface area contributed by atoms with E-state index in [1.807, 2.05) is 0 Å². The van der Waals surface area contributed by atoms with E-state index in [1.54, 1.807) is 0 Å². The van der Waals surface area contributed by atoms with Gasteiger partial charge in [0.1, 0.15) is 5.75 Å². The maximum absolute atomic E-state index is 13.8. The fourth-order valence-corrected chi connectivity index (χ4v) is 2.03. The Morgan fingerprint density at radius 1 is 1.21 bits per heavy atom. The minimum absolute atomic E-state index is 0.0155. The molecule has 0 bridgehead atoms. The van der Waals surface area contributed by atoms with Gasteiger partial charge in [-0.15, -0.1) is 0 Å². The molecular formula is C14H8ClF3N2O4. The average molecular weight is 361 g/mol. The lowest BCUT2D eigenvalue weighted by atomic mass is 10.1. The summed E-state index contributed by atoms with van der Waals surface area (Å²) >= 11 is 5.77. The van der Waals surface area contributed by atoms with Gasteiger partial charge in [0.05, 0.1) is 23.3 Å². The van der Waals surface area contributed by atoms with E-state index in [-0.39, 0.29) is 16.5 Å². The number of methoxy groups -OCH3 is 1. The van der Waals surface area contributed by atoms with E-state index in [4.69, 9.17) is 16.3 Å². The lowest BCUT2D eigenvalue weighted by Crippen LogP contribution is -2.16. The number of ether oxygens (including phenoxy) is 1. The second kappa shape index (κ2) is 6.75. The number of amides is 1. The quantitative estimate of drug-likeness (QED) is 0.509. The number of anilines is 1. The first-order valence-corrected chi connectivity index (χ1v) is 6.60. The minimum Gasteiger partial charge on any atom is -0.495 e. The van der Waals surface area contributed by atoms with E-state index < -0.39 is 39.5 Å². The predicted octanol–water partition coefficient (Wildman–Crippen LogP) is 3.93. The van der Waals surface area contributed by atoms with Crippen LogP contribution in [0, 0.1) is 27.6 Å². The summed E-state index contributed by atoms with van der Waals surface area (Å²) in [6.07, 6.45) is 0. The van der Waals surface area contributed by atoms with Crippen molar-refractivity contribution in [3.05, 3.63) is 62.4 Å². The van der Waals surface area contributed by atoms with Gasteiger partial charge in [-0.2, -0.15) is 4.39 Å². The van der Waals surface area contributed by atoms with Gasteiger partial charge in [-0.05, 0) is 18.2 Å². The molecule has 1 N–H and O–H groups in total. The van der Waals surface area contributed by atoms with Gasteiger partial charge in [0.25, 0.3) is 5.91 Å². The van der Waals surface area contributed by atoms with Crippen molar-refractivity contribution in [3.8, 4) is 5.75 Å². The number of carbonyl (C=O) groups excluding carboxylic acids is 1. The van der Waals surface area contributed by atoms with Crippen molar-refractivity contribution in [1.82, 2.24) is 0 Å². The highest BCUT2D eigenvalue weighted by atomic mass is 35.5. The molecule has 2 aromatic rings. The second-order valence-electron chi connectivity index (χ2n) is 4.44. The Balaban J connectivity index is 2.48. The number of nitro groups is 1. The first-order chi connectivity index (χ1) is 11.3. The molecule has 0 fully saturated rings. The van der Waals surface area contributed by atoms with Gasteiger partial charge in [-0.3, -0.25) is 14.9 Å². The van der Waals surface area contributed by atoms with Crippen LogP contribution in [0.15, 0.2) is 24.3 Å². The lowest BCUT2D eigenvalue weighted by Gasteiger charge is -2.11. The topological polar surface area (TPSA) is 81.5 Å². The summed E-state index contributed by atoms with van der Waals surface area (Å²) in [6.45, 7) is 0. The molecule has 0 saturated heterocycles. The summed E-state index contributed by atoms with van der Waals surface area (Å²) in [4.78, 5) is 21.5. The van der Waals surface area contributed by atoms with Crippen molar-refractivity contribution in [1.29, 1.82) is 0 Å². The summed E-state index contributed by atoms with van der Waals surface area (Å²) in [5, 5.41) is 13.1. The molecule has 0 unspecified atom stereocenters. The molecular weight excluding hydrogens is 353 g/mol. The highest BCUT2D eigenvalue weighted by Crippen LogP contribution is 2.30. The fraction of sp³-hybridized carbons (Fsp3) is 0.0714. The summed E-state index contributed by atoms with van der Waals surface area (Å²) in [6, 6.07) is 4.44. The molecule has 0 aliphatic carbocycles. The Morgan fingerprint density at radius 3 is 2.46 bits per heavy atom. The average Bonchev–Trinajstić information content (AvgIpc) is 2.52. The molecule has 0 spiro atoms. The van der Waals surface area contributed by atoms with Crippen LogP contribution in [-0.2, 0) is 0 Å². The highest BCUT2D eigenvalue weighted by Gasteiger charge is 2.28. The summed E-state index contributed by atoms with van der Waals surface area (Å²) in [7, 11) is 1.29. The smallest absolute Gasteiger partial charge is 0.308 e. The van der Waals surface area contributed by atoms with E-state index in [0.29, 0.717) is 6.07 Å².